The fourth-order valence-corrected chi connectivity index (χ4v) is 4.17. The zero-order valence-corrected chi connectivity index (χ0v) is 16.8. The van der Waals surface area contributed by atoms with Crippen LogP contribution in [0.15, 0.2) is 46.2 Å². The zero-order valence-electron chi connectivity index (χ0n) is 16.0. The molecule has 27 heavy (non-hydrogen) atoms. The molecule has 6 heteroatoms. The second kappa shape index (κ2) is 7.74. The Kier molecular flexibility index (Phi) is 5.18. The highest BCUT2D eigenvalue weighted by Gasteiger charge is 2.26. The predicted molar refractivity (Wildman–Crippen MR) is 110 cm³/mol. The molecule has 0 N–H and O–H groups in total. The van der Waals surface area contributed by atoms with Crippen molar-refractivity contribution in [2.24, 2.45) is 0 Å². The first-order chi connectivity index (χ1) is 13.1. The Morgan fingerprint density at radius 1 is 1.26 bits per heavy atom. The molecule has 0 saturated carbocycles. The second-order valence-corrected chi connectivity index (χ2v) is 7.89. The van der Waals surface area contributed by atoms with Gasteiger partial charge in [0.2, 0.25) is 5.89 Å². The molecule has 2 aromatic heterocycles. The Morgan fingerprint density at radius 3 is 2.89 bits per heavy atom. The number of para-hydroxylation sites is 2. The molecular formula is C21H25N3O2S. The molecule has 1 unspecified atom stereocenters. The van der Waals surface area contributed by atoms with Crippen LogP contribution in [0, 0.1) is 6.92 Å². The van der Waals surface area contributed by atoms with Crippen molar-refractivity contribution in [1.82, 2.24) is 9.88 Å². The number of nitrogens with zero attached hydrogens (tertiary/aromatic N) is 3. The number of thiophene rings is 1. The van der Waals surface area contributed by atoms with E-state index in [0.29, 0.717) is 5.89 Å². The smallest absolute Gasteiger partial charge is 0.236 e. The molecule has 4 rings (SSSR count). The van der Waals surface area contributed by atoms with Gasteiger partial charge in [0.25, 0.3) is 0 Å². The van der Waals surface area contributed by atoms with Crippen LogP contribution < -0.4 is 9.64 Å². The minimum Gasteiger partial charge on any atom is -0.485 e. The van der Waals surface area contributed by atoms with Gasteiger partial charge in [-0.25, -0.2) is 4.98 Å². The maximum Gasteiger partial charge on any atom is 0.236 e. The number of hydrogen-bond donors (Lipinski definition) is 0. The average molecular weight is 384 g/mol. The van der Waals surface area contributed by atoms with Crippen molar-refractivity contribution < 1.29 is 9.15 Å². The van der Waals surface area contributed by atoms with E-state index >= 15 is 0 Å². The van der Waals surface area contributed by atoms with Crippen LogP contribution in [0.1, 0.15) is 18.4 Å². The molecule has 142 valence electrons. The lowest BCUT2D eigenvalue weighted by molar-refractivity contribution is 0.139. The number of benzene rings is 1. The monoisotopic (exact) mass is 383 g/mol. The molecule has 0 radical (unpaired) electrons. The van der Waals surface area contributed by atoms with Gasteiger partial charge in [-0.05, 0) is 44.5 Å². The van der Waals surface area contributed by atoms with Crippen molar-refractivity contribution in [2.45, 2.75) is 26.5 Å². The number of hydrogen-bond acceptors (Lipinski definition) is 6. The van der Waals surface area contributed by atoms with Crippen LogP contribution in [0.5, 0.6) is 5.75 Å². The number of anilines is 1. The lowest BCUT2D eigenvalue weighted by atomic mass is 10.2. The van der Waals surface area contributed by atoms with E-state index in [9.17, 15) is 0 Å². The van der Waals surface area contributed by atoms with E-state index in [1.54, 1.807) is 11.3 Å². The number of fused-ring (bicyclic) bond motifs is 1. The first-order valence-corrected chi connectivity index (χ1v) is 10.2. The highest BCUT2D eigenvalue weighted by molar-refractivity contribution is 7.13. The number of aromatic nitrogens is 1. The van der Waals surface area contributed by atoms with E-state index < -0.39 is 0 Å². The summed E-state index contributed by atoms with van der Waals surface area (Å²) in [6, 6.07) is 12.3. The third kappa shape index (κ3) is 3.87. The van der Waals surface area contributed by atoms with Crippen LogP contribution in [0.2, 0.25) is 0 Å². The van der Waals surface area contributed by atoms with Crippen molar-refractivity contribution >= 4 is 17.0 Å². The molecule has 0 saturated heterocycles. The summed E-state index contributed by atoms with van der Waals surface area (Å²) < 4.78 is 12.1. The van der Waals surface area contributed by atoms with E-state index in [-0.39, 0.29) is 6.10 Å². The van der Waals surface area contributed by atoms with E-state index in [0.717, 1.165) is 48.3 Å². The Balaban J connectivity index is 1.42. The second-order valence-electron chi connectivity index (χ2n) is 6.94. The van der Waals surface area contributed by atoms with Gasteiger partial charge in [0.1, 0.15) is 17.6 Å². The molecule has 0 aliphatic carbocycles. The summed E-state index contributed by atoms with van der Waals surface area (Å²) in [6.07, 6.45) is 0.133. The van der Waals surface area contributed by atoms with Gasteiger partial charge in [-0.2, -0.15) is 0 Å². The van der Waals surface area contributed by atoms with Gasteiger partial charge in [0.05, 0.1) is 22.8 Å². The Morgan fingerprint density at radius 2 is 2.11 bits per heavy atom. The molecular weight excluding hydrogens is 358 g/mol. The molecule has 3 aromatic rings. The van der Waals surface area contributed by atoms with Crippen LogP contribution in [0.25, 0.3) is 10.8 Å². The minimum absolute atomic E-state index is 0.133. The van der Waals surface area contributed by atoms with Crippen LogP contribution in [-0.4, -0.2) is 42.7 Å². The molecule has 5 nitrogen and oxygen atoms in total. The molecule has 0 amide bonds. The van der Waals surface area contributed by atoms with Crippen LogP contribution in [0.3, 0.4) is 0 Å². The van der Waals surface area contributed by atoms with Gasteiger partial charge in [-0.1, -0.05) is 18.2 Å². The van der Waals surface area contributed by atoms with Gasteiger partial charge in [0.15, 0.2) is 0 Å². The number of likely N-dealkylation sites (N-methyl/N-ethyl adjacent to an activating group) is 2. The molecule has 1 aromatic carbocycles. The maximum atomic E-state index is 6.24. The SMILES string of the molecule is CCN1CC(CN(C)Cc2nc(-c3cccs3)oc2C)Oc2ccccc21. The fourth-order valence-electron chi connectivity index (χ4n) is 3.52. The lowest BCUT2D eigenvalue weighted by Crippen LogP contribution is -2.45. The predicted octanol–water partition coefficient (Wildman–Crippen LogP) is 4.43. The van der Waals surface area contributed by atoms with Gasteiger partial charge < -0.3 is 14.1 Å². The van der Waals surface area contributed by atoms with E-state index in [4.69, 9.17) is 14.1 Å². The number of ether oxygens (including phenoxy) is 1. The van der Waals surface area contributed by atoms with Crippen molar-refractivity contribution in [3.05, 3.63) is 53.2 Å². The Bertz CT molecular complexity index is 891. The summed E-state index contributed by atoms with van der Waals surface area (Å²) in [5.74, 6) is 2.57. The quantitative estimate of drug-likeness (QED) is 0.630. The molecule has 0 bridgehead atoms. The van der Waals surface area contributed by atoms with E-state index in [1.807, 2.05) is 30.5 Å². The zero-order chi connectivity index (χ0) is 18.8. The van der Waals surface area contributed by atoms with Crippen LogP contribution in [0.4, 0.5) is 5.69 Å². The standard InChI is InChI=1S/C21H25N3O2S/c1-4-24-13-16(26-19-9-6-5-8-18(19)24)12-23(3)14-17-15(2)25-21(22-17)20-10-7-11-27-20/h5-11,16H,4,12-14H2,1-3H3. The molecule has 3 heterocycles. The van der Waals surface area contributed by atoms with Gasteiger partial charge in [-0.15, -0.1) is 11.3 Å². The first kappa shape index (κ1) is 18.1. The average Bonchev–Trinajstić information content (AvgIpc) is 3.31. The largest absolute Gasteiger partial charge is 0.485 e. The van der Waals surface area contributed by atoms with Crippen molar-refractivity contribution in [1.29, 1.82) is 0 Å². The fraction of sp³-hybridized carbons (Fsp3) is 0.381. The van der Waals surface area contributed by atoms with Crippen LogP contribution >= 0.6 is 11.3 Å². The van der Waals surface area contributed by atoms with Crippen molar-refractivity contribution in [3.8, 4) is 16.5 Å². The molecule has 1 aliphatic rings. The normalized spacial score (nSPS) is 16.4. The third-order valence-electron chi connectivity index (χ3n) is 4.86. The van der Waals surface area contributed by atoms with Gasteiger partial charge >= 0.3 is 0 Å². The van der Waals surface area contributed by atoms with E-state index in [1.165, 1.54) is 5.69 Å². The van der Waals surface area contributed by atoms with Crippen molar-refractivity contribution in [2.75, 3.05) is 31.6 Å². The number of aryl methyl sites for hydroxylation is 1. The Hall–Kier alpha value is -2.31. The summed E-state index contributed by atoms with van der Waals surface area (Å²) in [5.41, 5.74) is 2.18. The Labute approximate surface area is 164 Å². The van der Waals surface area contributed by atoms with Crippen molar-refractivity contribution in [3.63, 3.8) is 0 Å². The summed E-state index contributed by atoms with van der Waals surface area (Å²) in [6.45, 7) is 7.64. The molecule has 0 fully saturated rings. The minimum atomic E-state index is 0.133. The highest BCUT2D eigenvalue weighted by Crippen LogP contribution is 2.33. The van der Waals surface area contributed by atoms with Gasteiger partial charge in [-0.3, -0.25) is 4.90 Å². The van der Waals surface area contributed by atoms with E-state index in [2.05, 4.69) is 42.0 Å². The summed E-state index contributed by atoms with van der Waals surface area (Å²) in [7, 11) is 2.11. The number of oxazole rings is 1. The summed E-state index contributed by atoms with van der Waals surface area (Å²) in [5, 5.41) is 2.04. The summed E-state index contributed by atoms with van der Waals surface area (Å²) >= 11 is 1.65. The highest BCUT2D eigenvalue weighted by atomic mass is 32.1. The first-order valence-electron chi connectivity index (χ1n) is 9.33. The molecule has 1 atom stereocenters. The van der Waals surface area contributed by atoms with Gasteiger partial charge in [0, 0.05) is 19.6 Å². The third-order valence-corrected chi connectivity index (χ3v) is 5.72. The summed E-state index contributed by atoms with van der Waals surface area (Å²) in [4.78, 5) is 10.4. The maximum absolute atomic E-state index is 6.24. The topological polar surface area (TPSA) is 41.7 Å². The number of rotatable bonds is 6. The molecule has 0 spiro atoms. The van der Waals surface area contributed by atoms with Crippen LogP contribution in [-0.2, 0) is 6.54 Å². The molecule has 1 aliphatic heterocycles. The lowest BCUT2D eigenvalue weighted by Gasteiger charge is -2.37.